The molecule has 3 heterocycles. The SMILES string of the molecule is O=C1NCCC1(CC(c1ccc(F)cc1)N1CCN(c2cccc(C(F)(F)F)c2)CC1)CC(c1ccc(F)cc1)N1CCN(c2cccc(C(F)(F)F)c2)CC1. The molecule has 0 aromatic heterocycles. The van der Waals surface area contributed by atoms with Gasteiger partial charge in [-0.25, -0.2) is 8.78 Å². The summed E-state index contributed by atoms with van der Waals surface area (Å²) in [6.07, 6.45) is -7.69. The highest BCUT2D eigenvalue weighted by Crippen LogP contribution is 2.47. The van der Waals surface area contributed by atoms with Crippen LogP contribution in [0.15, 0.2) is 97.1 Å². The molecular formula is C42H43F8N5O. The van der Waals surface area contributed by atoms with Crippen molar-refractivity contribution < 1.29 is 39.9 Å². The normalized spacial score (nSPS) is 21.2. The first kappa shape index (κ1) is 39.5. The van der Waals surface area contributed by atoms with Gasteiger partial charge in [-0.3, -0.25) is 14.6 Å². The van der Waals surface area contributed by atoms with Crippen LogP contribution in [0.5, 0.6) is 0 Å². The van der Waals surface area contributed by atoms with E-state index in [2.05, 4.69) is 15.1 Å². The molecule has 1 amide bonds. The van der Waals surface area contributed by atoms with Gasteiger partial charge in [0.05, 0.1) is 16.5 Å². The lowest BCUT2D eigenvalue weighted by Crippen LogP contribution is -2.51. The third-order valence-corrected chi connectivity index (χ3v) is 11.6. The summed E-state index contributed by atoms with van der Waals surface area (Å²) in [4.78, 5) is 22.4. The van der Waals surface area contributed by atoms with Crippen molar-refractivity contribution in [2.24, 2.45) is 5.41 Å². The number of piperazine rings is 2. The lowest BCUT2D eigenvalue weighted by Gasteiger charge is -2.45. The maximum atomic E-state index is 14.2. The van der Waals surface area contributed by atoms with Gasteiger partial charge in [-0.15, -0.1) is 0 Å². The second-order valence-corrected chi connectivity index (χ2v) is 15.0. The van der Waals surface area contributed by atoms with Gasteiger partial charge in [0.2, 0.25) is 5.91 Å². The van der Waals surface area contributed by atoms with E-state index in [1.807, 2.05) is 9.80 Å². The average Bonchev–Trinajstić information content (AvgIpc) is 3.55. The summed E-state index contributed by atoms with van der Waals surface area (Å²) < 4.78 is 110. The smallest absolute Gasteiger partial charge is 0.369 e. The third kappa shape index (κ3) is 8.81. The van der Waals surface area contributed by atoms with Crippen LogP contribution in [0, 0.1) is 17.0 Å². The van der Waals surface area contributed by atoms with Gasteiger partial charge in [0.15, 0.2) is 0 Å². The summed E-state index contributed by atoms with van der Waals surface area (Å²) in [6.45, 7) is 4.11. The van der Waals surface area contributed by atoms with Crippen LogP contribution in [-0.2, 0) is 17.1 Å². The molecule has 0 radical (unpaired) electrons. The second kappa shape index (κ2) is 16.0. The number of nitrogens with one attached hydrogen (secondary N) is 1. The fourth-order valence-corrected chi connectivity index (χ4v) is 8.56. The number of amides is 1. The molecule has 0 spiro atoms. The number of carbonyl (C=O) groups is 1. The molecule has 2 atom stereocenters. The van der Waals surface area contributed by atoms with Crippen molar-refractivity contribution in [3.05, 3.63) is 131 Å². The van der Waals surface area contributed by atoms with Crippen LogP contribution in [0.1, 0.15) is 53.6 Å². The van der Waals surface area contributed by atoms with E-state index in [1.54, 1.807) is 36.4 Å². The molecule has 4 aromatic rings. The topological polar surface area (TPSA) is 42.1 Å². The predicted octanol–water partition coefficient (Wildman–Crippen LogP) is 8.72. The molecule has 2 unspecified atom stereocenters. The number of anilines is 2. The highest BCUT2D eigenvalue weighted by molar-refractivity contribution is 5.85. The number of benzene rings is 4. The molecule has 0 saturated carbocycles. The monoisotopic (exact) mass is 785 g/mol. The van der Waals surface area contributed by atoms with E-state index in [4.69, 9.17) is 0 Å². The third-order valence-electron chi connectivity index (χ3n) is 11.6. The standard InChI is InChI=1S/C42H43F8N5O/c43-33-11-7-29(8-12-33)37(54-21-17-52(18-22-54)35-5-1-3-31(25-35)41(45,46)47)27-40(15-16-51-39(40)56)28-38(30-9-13-34(44)14-10-30)55-23-19-53(20-24-55)36-6-2-4-32(26-36)42(48,49)50/h1-14,25-26,37-38H,15-24,27-28H2,(H,51,56). The van der Waals surface area contributed by atoms with E-state index in [9.17, 15) is 39.9 Å². The van der Waals surface area contributed by atoms with Gasteiger partial charge in [0.25, 0.3) is 0 Å². The number of nitrogens with zero attached hydrogens (tertiary/aromatic N) is 4. The first-order valence-electron chi connectivity index (χ1n) is 18.8. The first-order valence-corrected chi connectivity index (χ1v) is 18.8. The van der Waals surface area contributed by atoms with E-state index in [0.29, 0.717) is 89.5 Å². The molecule has 3 aliphatic heterocycles. The molecule has 6 nitrogen and oxygen atoms in total. The average molecular weight is 786 g/mol. The number of hydrogen-bond donors (Lipinski definition) is 1. The lowest BCUT2D eigenvalue weighted by atomic mass is 9.72. The van der Waals surface area contributed by atoms with Crippen molar-refractivity contribution in [2.45, 2.75) is 43.7 Å². The van der Waals surface area contributed by atoms with Crippen LogP contribution in [0.4, 0.5) is 46.5 Å². The van der Waals surface area contributed by atoms with Gasteiger partial charge >= 0.3 is 12.4 Å². The summed E-state index contributed by atoms with van der Waals surface area (Å²) in [7, 11) is 0. The zero-order valence-corrected chi connectivity index (χ0v) is 30.6. The minimum absolute atomic E-state index is 0.123. The van der Waals surface area contributed by atoms with Crippen LogP contribution < -0.4 is 15.1 Å². The van der Waals surface area contributed by atoms with E-state index < -0.39 is 40.5 Å². The maximum Gasteiger partial charge on any atom is 0.416 e. The van der Waals surface area contributed by atoms with Crippen molar-refractivity contribution in [3.8, 4) is 0 Å². The Hall–Kier alpha value is -4.69. The largest absolute Gasteiger partial charge is 0.416 e. The van der Waals surface area contributed by atoms with Crippen molar-refractivity contribution in [3.63, 3.8) is 0 Å². The molecule has 0 bridgehead atoms. The molecule has 56 heavy (non-hydrogen) atoms. The Labute approximate surface area is 320 Å². The van der Waals surface area contributed by atoms with Gasteiger partial charge in [-0.1, -0.05) is 36.4 Å². The minimum atomic E-state index is -4.47. The van der Waals surface area contributed by atoms with Crippen molar-refractivity contribution in [1.29, 1.82) is 0 Å². The van der Waals surface area contributed by atoms with E-state index in [-0.39, 0.29) is 18.0 Å². The Bertz CT molecular complexity index is 1820. The Morgan fingerprint density at radius 1 is 0.571 bits per heavy atom. The number of carbonyl (C=O) groups excluding carboxylic acids is 1. The van der Waals surface area contributed by atoms with Gasteiger partial charge < -0.3 is 15.1 Å². The summed E-state index contributed by atoms with van der Waals surface area (Å²) >= 11 is 0. The van der Waals surface area contributed by atoms with Crippen LogP contribution in [0.2, 0.25) is 0 Å². The van der Waals surface area contributed by atoms with E-state index in [1.165, 1.54) is 36.4 Å². The van der Waals surface area contributed by atoms with E-state index >= 15 is 0 Å². The zero-order chi connectivity index (χ0) is 39.7. The molecule has 298 valence electrons. The Kier molecular flexibility index (Phi) is 11.3. The number of rotatable bonds is 10. The number of alkyl halides is 6. The molecule has 4 aromatic carbocycles. The van der Waals surface area contributed by atoms with Crippen LogP contribution in [0.25, 0.3) is 0 Å². The highest BCUT2D eigenvalue weighted by Gasteiger charge is 2.48. The van der Waals surface area contributed by atoms with Crippen LogP contribution >= 0.6 is 0 Å². The van der Waals surface area contributed by atoms with Gasteiger partial charge in [-0.2, -0.15) is 26.3 Å². The maximum absolute atomic E-state index is 14.2. The molecule has 14 heteroatoms. The molecule has 1 N–H and O–H groups in total. The minimum Gasteiger partial charge on any atom is -0.369 e. The Morgan fingerprint density at radius 2 is 0.964 bits per heavy atom. The van der Waals surface area contributed by atoms with Crippen molar-refractivity contribution >= 4 is 17.3 Å². The van der Waals surface area contributed by atoms with Crippen molar-refractivity contribution in [2.75, 3.05) is 68.7 Å². The zero-order valence-electron chi connectivity index (χ0n) is 30.6. The Balaban J connectivity index is 1.15. The van der Waals surface area contributed by atoms with Gasteiger partial charge in [-0.05, 0) is 91.1 Å². The predicted molar refractivity (Wildman–Crippen MR) is 198 cm³/mol. The van der Waals surface area contributed by atoms with Crippen molar-refractivity contribution in [1.82, 2.24) is 15.1 Å². The molecule has 3 saturated heterocycles. The fraction of sp³-hybridized carbons (Fsp3) is 0.405. The molecular weight excluding hydrogens is 742 g/mol. The Morgan fingerprint density at radius 3 is 1.30 bits per heavy atom. The van der Waals surface area contributed by atoms with E-state index in [0.717, 1.165) is 35.4 Å². The highest BCUT2D eigenvalue weighted by atomic mass is 19.4. The number of halogens is 8. The fourth-order valence-electron chi connectivity index (χ4n) is 8.56. The summed E-state index contributed by atoms with van der Waals surface area (Å²) in [5.41, 5.74) is 0.220. The van der Waals surface area contributed by atoms with Crippen LogP contribution in [0.3, 0.4) is 0 Å². The van der Waals surface area contributed by atoms with Gasteiger partial charge in [0.1, 0.15) is 11.6 Å². The quantitative estimate of drug-likeness (QED) is 0.163. The molecule has 3 aliphatic rings. The lowest BCUT2D eigenvalue weighted by molar-refractivity contribution is -0.138. The summed E-state index contributed by atoms with van der Waals surface area (Å²) in [6, 6.07) is 22.2. The van der Waals surface area contributed by atoms with Gasteiger partial charge in [0, 0.05) is 82.4 Å². The first-order chi connectivity index (χ1) is 26.7. The second-order valence-electron chi connectivity index (χ2n) is 15.0. The van der Waals surface area contributed by atoms with Crippen LogP contribution in [-0.4, -0.2) is 74.6 Å². The molecule has 0 aliphatic carbocycles. The number of hydrogen-bond acceptors (Lipinski definition) is 5. The summed E-state index contributed by atoms with van der Waals surface area (Å²) in [5.74, 6) is -0.936. The molecule has 7 rings (SSSR count). The summed E-state index contributed by atoms with van der Waals surface area (Å²) in [5, 5.41) is 3.04. The molecule has 3 fully saturated rings.